The van der Waals surface area contributed by atoms with E-state index in [9.17, 15) is 18.4 Å². The van der Waals surface area contributed by atoms with Gasteiger partial charge in [0.15, 0.2) is 0 Å². The summed E-state index contributed by atoms with van der Waals surface area (Å²) in [5.74, 6) is -1.67. The molecule has 0 heterocycles. The summed E-state index contributed by atoms with van der Waals surface area (Å²) in [4.78, 5) is 24.8. The maximum atomic E-state index is 13.7. The van der Waals surface area contributed by atoms with Gasteiger partial charge in [0, 0.05) is 0 Å². The standard InChI is InChI=1S/C20H20F2N2O4/c1-27-13-5-7-14(8-6-13)28-12-11-23-18(25)20(9-10-20)19(26)24-17-15(21)3-2-4-16(17)22/h2-8H,9-12H2,1H3,(H,23,25)(H,24,26). The Balaban J connectivity index is 1.50. The van der Waals surface area contributed by atoms with Crippen LogP contribution in [0, 0.1) is 17.0 Å². The van der Waals surface area contributed by atoms with E-state index in [0.717, 1.165) is 12.1 Å². The highest BCUT2D eigenvalue weighted by atomic mass is 19.1. The smallest absolute Gasteiger partial charge is 0.240 e. The van der Waals surface area contributed by atoms with Crippen molar-refractivity contribution >= 4 is 17.5 Å². The molecule has 1 aliphatic rings. The van der Waals surface area contributed by atoms with Gasteiger partial charge in [0.2, 0.25) is 11.8 Å². The van der Waals surface area contributed by atoms with Gasteiger partial charge in [-0.15, -0.1) is 0 Å². The van der Waals surface area contributed by atoms with Gasteiger partial charge >= 0.3 is 0 Å². The van der Waals surface area contributed by atoms with E-state index in [0.29, 0.717) is 24.3 Å². The molecule has 1 fully saturated rings. The summed E-state index contributed by atoms with van der Waals surface area (Å²) in [6.07, 6.45) is 0.639. The molecule has 6 nitrogen and oxygen atoms in total. The molecular formula is C20H20F2N2O4. The van der Waals surface area contributed by atoms with Crippen LogP contribution in [0.4, 0.5) is 14.5 Å². The van der Waals surface area contributed by atoms with Crippen LogP contribution in [0.15, 0.2) is 42.5 Å². The predicted octanol–water partition coefficient (Wildman–Crippen LogP) is 2.89. The van der Waals surface area contributed by atoms with E-state index >= 15 is 0 Å². The largest absolute Gasteiger partial charge is 0.497 e. The van der Waals surface area contributed by atoms with E-state index in [-0.39, 0.29) is 13.2 Å². The maximum absolute atomic E-state index is 13.7. The van der Waals surface area contributed by atoms with E-state index in [1.165, 1.54) is 6.07 Å². The fourth-order valence-electron chi connectivity index (χ4n) is 2.71. The van der Waals surface area contributed by atoms with Gasteiger partial charge in [-0.2, -0.15) is 0 Å². The fraction of sp³-hybridized carbons (Fsp3) is 0.300. The lowest BCUT2D eigenvalue weighted by atomic mass is 10.0. The number of para-hydroxylation sites is 1. The molecule has 2 aromatic carbocycles. The first-order valence-corrected chi connectivity index (χ1v) is 8.77. The molecule has 0 unspecified atom stereocenters. The number of carbonyl (C=O) groups excluding carboxylic acids is 2. The molecule has 0 aromatic heterocycles. The number of carbonyl (C=O) groups is 2. The van der Waals surface area contributed by atoms with Crippen molar-refractivity contribution in [1.29, 1.82) is 0 Å². The van der Waals surface area contributed by atoms with Gasteiger partial charge in [-0.05, 0) is 49.2 Å². The van der Waals surface area contributed by atoms with E-state index in [1.54, 1.807) is 31.4 Å². The molecule has 2 N–H and O–H groups in total. The van der Waals surface area contributed by atoms with Crippen LogP contribution < -0.4 is 20.1 Å². The Hall–Kier alpha value is -3.16. The van der Waals surface area contributed by atoms with Gasteiger partial charge < -0.3 is 20.1 Å². The summed E-state index contributed by atoms with van der Waals surface area (Å²) < 4.78 is 38.0. The molecule has 0 spiro atoms. The van der Waals surface area contributed by atoms with Gasteiger partial charge in [0.05, 0.1) is 13.7 Å². The quantitative estimate of drug-likeness (QED) is 0.537. The van der Waals surface area contributed by atoms with Crippen molar-refractivity contribution in [2.24, 2.45) is 5.41 Å². The van der Waals surface area contributed by atoms with Crippen LogP contribution >= 0.6 is 0 Å². The van der Waals surface area contributed by atoms with Crippen LogP contribution in [0.5, 0.6) is 11.5 Å². The first kappa shape index (κ1) is 19.6. The molecular weight excluding hydrogens is 370 g/mol. The molecule has 148 valence electrons. The van der Waals surface area contributed by atoms with Gasteiger partial charge in [0.25, 0.3) is 0 Å². The minimum atomic E-state index is -1.30. The van der Waals surface area contributed by atoms with Crippen LogP contribution in [0.3, 0.4) is 0 Å². The number of halogens is 2. The zero-order chi connectivity index (χ0) is 20.1. The molecule has 0 atom stereocenters. The maximum Gasteiger partial charge on any atom is 0.240 e. The Labute approximate surface area is 160 Å². The predicted molar refractivity (Wildman–Crippen MR) is 98.2 cm³/mol. The first-order valence-electron chi connectivity index (χ1n) is 8.77. The SMILES string of the molecule is COc1ccc(OCCNC(=O)C2(C(=O)Nc3c(F)cccc3F)CC2)cc1. The number of ether oxygens (including phenoxy) is 2. The third kappa shape index (κ3) is 4.21. The van der Waals surface area contributed by atoms with Crippen molar-refractivity contribution < 1.29 is 27.8 Å². The molecule has 0 bridgehead atoms. The molecule has 3 rings (SSSR count). The van der Waals surface area contributed by atoms with Crippen molar-refractivity contribution in [2.75, 3.05) is 25.6 Å². The molecule has 8 heteroatoms. The Kier molecular flexibility index (Phi) is 5.77. The molecule has 1 saturated carbocycles. The van der Waals surface area contributed by atoms with Crippen molar-refractivity contribution in [3.05, 3.63) is 54.1 Å². The zero-order valence-corrected chi connectivity index (χ0v) is 15.3. The number of methoxy groups -OCH3 is 1. The lowest BCUT2D eigenvalue weighted by Crippen LogP contribution is -2.41. The molecule has 1 aliphatic carbocycles. The second-order valence-electron chi connectivity index (χ2n) is 6.41. The highest BCUT2D eigenvalue weighted by Crippen LogP contribution is 2.47. The zero-order valence-electron chi connectivity index (χ0n) is 15.3. The van der Waals surface area contributed by atoms with Crippen LogP contribution in [0.25, 0.3) is 0 Å². The third-order valence-corrected chi connectivity index (χ3v) is 4.54. The molecule has 2 aromatic rings. The van der Waals surface area contributed by atoms with Crippen molar-refractivity contribution in [3.63, 3.8) is 0 Å². The summed E-state index contributed by atoms with van der Waals surface area (Å²) >= 11 is 0. The van der Waals surface area contributed by atoms with Gasteiger partial charge in [-0.3, -0.25) is 9.59 Å². The normalized spacial score (nSPS) is 14.1. The number of benzene rings is 2. The lowest BCUT2D eigenvalue weighted by Gasteiger charge is -2.16. The van der Waals surface area contributed by atoms with Crippen molar-refractivity contribution in [3.8, 4) is 11.5 Å². The fourth-order valence-corrected chi connectivity index (χ4v) is 2.71. The second-order valence-corrected chi connectivity index (χ2v) is 6.41. The Bertz CT molecular complexity index is 847. The van der Waals surface area contributed by atoms with Crippen molar-refractivity contribution in [2.45, 2.75) is 12.8 Å². The third-order valence-electron chi connectivity index (χ3n) is 4.54. The number of anilines is 1. The van der Waals surface area contributed by atoms with Crippen LogP contribution in [-0.4, -0.2) is 32.1 Å². The number of hydrogen-bond donors (Lipinski definition) is 2. The molecule has 0 aliphatic heterocycles. The van der Waals surface area contributed by atoms with E-state index in [1.807, 2.05) is 0 Å². The summed E-state index contributed by atoms with van der Waals surface area (Å²) in [5, 5.41) is 4.83. The number of hydrogen-bond acceptors (Lipinski definition) is 4. The minimum absolute atomic E-state index is 0.188. The minimum Gasteiger partial charge on any atom is -0.497 e. The second kappa shape index (κ2) is 8.24. The summed E-state index contributed by atoms with van der Waals surface area (Å²) in [5.41, 5.74) is -1.84. The number of amides is 2. The average molecular weight is 390 g/mol. The van der Waals surface area contributed by atoms with Gasteiger partial charge in [0.1, 0.15) is 40.8 Å². The molecule has 28 heavy (non-hydrogen) atoms. The summed E-state index contributed by atoms with van der Waals surface area (Å²) in [6, 6.07) is 10.2. The summed E-state index contributed by atoms with van der Waals surface area (Å²) in [6.45, 7) is 0.395. The number of rotatable bonds is 8. The van der Waals surface area contributed by atoms with E-state index < -0.39 is 34.6 Å². The Morgan fingerprint density at radius 2 is 1.61 bits per heavy atom. The van der Waals surface area contributed by atoms with Crippen LogP contribution in [0.1, 0.15) is 12.8 Å². The summed E-state index contributed by atoms with van der Waals surface area (Å²) in [7, 11) is 1.57. The van der Waals surface area contributed by atoms with Gasteiger partial charge in [-0.1, -0.05) is 6.07 Å². The molecule has 0 radical (unpaired) electrons. The molecule has 0 saturated heterocycles. The van der Waals surface area contributed by atoms with Gasteiger partial charge in [-0.25, -0.2) is 8.78 Å². The van der Waals surface area contributed by atoms with Crippen LogP contribution in [-0.2, 0) is 9.59 Å². The Morgan fingerprint density at radius 3 is 2.18 bits per heavy atom. The Morgan fingerprint density at radius 1 is 1.00 bits per heavy atom. The highest BCUT2D eigenvalue weighted by molar-refractivity contribution is 6.13. The molecule has 2 amide bonds. The number of nitrogens with one attached hydrogen (secondary N) is 2. The van der Waals surface area contributed by atoms with E-state index in [2.05, 4.69) is 10.6 Å². The topological polar surface area (TPSA) is 76.7 Å². The highest BCUT2D eigenvalue weighted by Gasteiger charge is 2.56. The lowest BCUT2D eigenvalue weighted by molar-refractivity contribution is -0.134. The first-order chi connectivity index (χ1) is 13.5. The van der Waals surface area contributed by atoms with Crippen molar-refractivity contribution in [1.82, 2.24) is 5.32 Å². The van der Waals surface area contributed by atoms with Crippen LogP contribution in [0.2, 0.25) is 0 Å². The monoisotopic (exact) mass is 390 g/mol. The van der Waals surface area contributed by atoms with E-state index in [4.69, 9.17) is 9.47 Å². The average Bonchev–Trinajstić information content (AvgIpc) is 3.50.